The molecule has 0 amide bonds. The van der Waals surface area contributed by atoms with E-state index in [1.165, 1.54) is 19.0 Å². The molecule has 0 aliphatic carbocycles. The number of aromatic nitrogens is 1. The van der Waals surface area contributed by atoms with Crippen LogP contribution in [0.25, 0.3) is 0 Å². The molecule has 0 radical (unpaired) electrons. The monoisotopic (exact) mass is 279 g/mol. The lowest BCUT2D eigenvalue weighted by Crippen LogP contribution is -2.44. The largest absolute Gasteiger partial charge is 0.312 e. The molecule has 2 rings (SSSR count). The third-order valence-corrected chi connectivity index (χ3v) is 3.69. The molecule has 3 nitrogen and oxygen atoms in total. The first kappa shape index (κ1) is 15.4. The zero-order valence-corrected chi connectivity index (χ0v) is 12.8. The maximum atomic E-state index is 13.2. The first-order valence-electron chi connectivity index (χ1n) is 7.49. The van der Waals surface area contributed by atoms with E-state index in [4.69, 9.17) is 0 Å². The summed E-state index contributed by atoms with van der Waals surface area (Å²) in [7, 11) is 0. The van der Waals surface area contributed by atoms with Crippen LogP contribution in [0.5, 0.6) is 0 Å². The highest BCUT2D eigenvalue weighted by molar-refractivity contribution is 5.10. The van der Waals surface area contributed by atoms with Crippen LogP contribution in [0, 0.1) is 11.7 Å². The van der Waals surface area contributed by atoms with Gasteiger partial charge < -0.3 is 5.32 Å². The summed E-state index contributed by atoms with van der Waals surface area (Å²) in [6.45, 7) is 10.6. The maximum absolute atomic E-state index is 13.2. The minimum atomic E-state index is -0.245. The van der Waals surface area contributed by atoms with Gasteiger partial charge in [-0.1, -0.05) is 0 Å². The fourth-order valence-electron chi connectivity index (χ4n) is 2.71. The molecule has 1 saturated heterocycles. The summed E-state index contributed by atoms with van der Waals surface area (Å²) in [4.78, 5) is 6.34. The Hall–Kier alpha value is -1.00. The van der Waals surface area contributed by atoms with Gasteiger partial charge in [0.2, 0.25) is 0 Å². The van der Waals surface area contributed by atoms with Gasteiger partial charge in [-0.15, -0.1) is 0 Å². The van der Waals surface area contributed by atoms with Crippen molar-refractivity contribution in [1.29, 1.82) is 0 Å². The first-order valence-corrected chi connectivity index (χ1v) is 7.49. The molecule has 0 saturated carbocycles. The van der Waals surface area contributed by atoms with E-state index in [9.17, 15) is 4.39 Å². The zero-order valence-electron chi connectivity index (χ0n) is 12.8. The third-order valence-electron chi connectivity index (χ3n) is 3.69. The fourth-order valence-corrected chi connectivity index (χ4v) is 2.71. The first-order chi connectivity index (χ1) is 9.42. The van der Waals surface area contributed by atoms with Crippen LogP contribution in [0.15, 0.2) is 18.5 Å². The number of hydrogen-bond acceptors (Lipinski definition) is 3. The maximum Gasteiger partial charge on any atom is 0.141 e. The smallest absolute Gasteiger partial charge is 0.141 e. The molecule has 1 unspecified atom stereocenters. The molecular weight excluding hydrogens is 253 g/mol. The number of nitrogens with zero attached hydrogens (tertiary/aromatic N) is 2. The van der Waals surface area contributed by atoms with Crippen molar-refractivity contribution in [3.05, 3.63) is 29.8 Å². The Bertz CT molecular complexity index is 428. The van der Waals surface area contributed by atoms with Crippen molar-refractivity contribution in [3.63, 3.8) is 0 Å². The second-order valence-electron chi connectivity index (χ2n) is 6.89. The average molecular weight is 279 g/mol. The normalized spacial score (nSPS) is 21.1. The molecule has 1 aliphatic rings. The van der Waals surface area contributed by atoms with Crippen molar-refractivity contribution in [1.82, 2.24) is 15.2 Å². The lowest BCUT2D eigenvalue weighted by Gasteiger charge is -2.34. The highest BCUT2D eigenvalue weighted by Crippen LogP contribution is 2.18. The van der Waals surface area contributed by atoms with Crippen molar-refractivity contribution in [2.75, 3.05) is 19.6 Å². The van der Waals surface area contributed by atoms with Crippen LogP contribution in [0.3, 0.4) is 0 Å². The Kier molecular flexibility index (Phi) is 5.11. The Balaban J connectivity index is 1.84. The van der Waals surface area contributed by atoms with E-state index in [0.29, 0.717) is 5.92 Å². The lowest BCUT2D eigenvalue weighted by atomic mass is 9.96. The number of pyridine rings is 1. The van der Waals surface area contributed by atoms with E-state index in [1.54, 1.807) is 12.3 Å². The molecule has 1 aromatic heterocycles. The van der Waals surface area contributed by atoms with Crippen LogP contribution in [-0.2, 0) is 6.54 Å². The van der Waals surface area contributed by atoms with Gasteiger partial charge in [0, 0.05) is 24.8 Å². The van der Waals surface area contributed by atoms with Gasteiger partial charge in [-0.05, 0) is 64.3 Å². The van der Waals surface area contributed by atoms with E-state index in [-0.39, 0.29) is 11.4 Å². The van der Waals surface area contributed by atoms with Gasteiger partial charge in [-0.25, -0.2) is 4.39 Å². The number of halogens is 1. The van der Waals surface area contributed by atoms with Crippen molar-refractivity contribution in [2.24, 2.45) is 5.92 Å². The van der Waals surface area contributed by atoms with E-state index in [2.05, 4.69) is 36.0 Å². The van der Waals surface area contributed by atoms with Crippen LogP contribution in [0.2, 0.25) is 0 Å². The van der Waals surface area contributed by atoms with Gasteiger partial charge in [0.05, 0.1) is 6.20 Å². The quantitative estimate of drug-likeness (QED) is 0.918. The molecule has 4 heteroatoms. The Morgan fingerprint density at radius 3 is 2.90 bits per heavy atom. The summed E-state index contributed by atoms with van der Waals surface area (Å²) in [5, 5.41) is 3.59. The summed E-state index contributed by atoms with van der Waals surface area (Å²) in [5.74, 6) is 0.440. The van der Waals surface area contributed by atoms with E-state index in [0.717, 1.165) is 31.7 Å². The summed E-state index contributed by atoms with van der Waals surface area (Å²) in [6.07, 6.45) is 5.52. The molecule has 2 heterocycles. The van der Waals surface area contributed by atoms with Crippen molar-refractivity contribution in [2.45, 2.75) is 45.7 Å². The molecule has 1 aromatic rings. The number of hydrogen-bond donors (Lipinski definition) is 1. The van der Waals surface area contributed by atoms with Gasteiger partial charge in [-0.3, -0.25) is 9.88 Å². The summed E-state index contributed by atoms with van der Waals surface area (Å²) < 4.78 is 13.2. The van der Waals surface area contributed by atoms with Crippen LogP contribution in [-0.4, -0.2) is 35.1 Å². The molecule has 1 atom stereocenters. The lowest BCUT2D eigenvalue weighted by molar-refractivity contribution is 0.159. The molecule has 112 valence electrons. The Labute approximate surface area is 121 Å². The molecule has 1 N–H and O–H groups in total. The third kappa shape index (κ3) is 5.17. The molecule has 0 spiro atoms. The van der Waals surface area contributed by atoms with E-state index >= 15 is 0 Å². The van der Waals surface area contributed by atoms with Gasteiger partial charge in [0.15, 0.2) is 0 Å². The standard InChI is InChI=1S/C16H26FN3/c1-16(2,3)19-9-13-5-4-6-20(11-13)12-14-7-15(17)10-18-8-14/h7-8,10,13,19H,4-6,9,11-12H2,1-3H3. The van der Waals surface area contributed by atoms with Gasteiger partial charge >= 0.3 is 0 Å². The highest BCUT2D eigenvalue weighted by Gasteiger charge is 2.21. The Morgan fingerprint density at radius 1 is 1.40 bits per heavy atom. The van der Waals surface area contributed by atoms with Gasteiger partial charge in [0.1, 0.15) is 5.82 Å². The van der Waals surface area contributed by atoms with Crippen molar-refractivity contribution >= 4 is 0 Å². The fraction of sp³-hybridized carbons (Fsp3) is 0.688. The molecule has 1 aliphatic heterocycles. The summed E-state index contributed by atoms with van der Waals surface area (Å²) in [5.41, 5.74) is 1.14. The average Bonchev–Trinajstić information content (AvgIpc) is 2.36. The molecule has 0 bridgehead atoms. The predicted octanol–water partition coefficient (Wildman–Crippen LogP) is 2.82. The van der Waals surface area contributed by atoms with E-state index < -0.39 is 0 Å². The molecule has 1 fully saturated rings. The Morgan fingerprint density at radius 2 is 2.20 bits per heavy atom. The number of likely N-dealkylation sites (tertiary alicyclic amines) is 1. The second kappa shape index (κ2) is 6.64. The number of rotatable bonds is 4. The second-order valence-corrected chi connectivity index (χ2v) is 6.89. The van der Waals surface area contributed by atoms with Gasteiger partial charge in [-0.2, -0.15) is 0 Å². The van der Waals surface area contributed by atoms with Gasteiger partial charge in [0.25, 0.3) is 0 Å². The predicted molar refractivity (Wildman–Crippen MR) is 80.0 cm³/mol. The number of piperidine rings is 1. The van der Waals surface area contributed by atoms with Crippen LogP contribution >= 0.6 is 0 Å². The molecular formula is C16H26FN3. The number of nitrogens with one attached hydrogen (secondary N) is 1. The highest BCUT2D eigenvalue weighted by atomic mass is 19.1. The van der Waals surface area contributed by atoms with Crippen LogP contribution in [0.1, 0.15) is 39.2 Å². The summed E-state index contributed by atoms with van der Waals surface area (Å²) in [6, 6.07) is 1.59. The summed E-state index contributed by atoms with van der Waals surface area (Å²) >= 11 is 0. The molecule has 20 heavy (non-hydrogen) atoms. The SMILES string of the molecule is CC(C)(C)NCC1CCCN(Cc2cncc(F)c2)C1. The van der Waals surface area contributed by atoms with E-state index in [1.807, 2.05) is 0 Å². The minimum absolute atomic E-state index is 0.175. The minimum Gasteiger partial charge on any atom is -0.312 e. The molecule has 0 aromatic carbocycles. The zero-order chi connectivity index (χ0) is 14.6. The van der Waals surface area contributed by atoms with Crippen LogP contribution < -0.4 is 5.32 Å². The van der Waals surface area contributed by atoms with Crippen LogP contribution in [0.4, 0.5) is 4.39 Å². The van der Waals surface area contributed by atoms with Crippen molar-refractivity contribution < 1.29 is 4.39 Å². The van der Waals surface area contributed by atoms with Crippen molar-refractivity contribution in [3.8, 4) is 0 Å². The topological polar surface area (TPSA) is 28.2 Å².